The zero-order valence-corrected chi connectivity index (χ0v) is 16.3. The minimum Gasteiger partial charge on any atom is -0.298 e. The molecule has 2 aromatic carbocycles. The van der Waals surface area contributed by atoms with Crippen molar-refractivity contribution in [3.63, 3.8) is 0 Å². The van der Waals surface area contributed by atoms with E-state index in [0.717, 1.165) is 0 Å². The zero-order chi connectivity index (χ0) is 19.6. The van der Waals surface area contributed by atoms with E-state index in [1.807, 2.05) is 0 Å². The van der Waals surface area contributed by atoms with E-state index in [2.05, 4.69) is 15.0 Å². The SMILES string of the molecule is CNS(=O)(=O)c1ccc(C(=O)Nc2nc(-c3ccc(F)c(Cl)c3)cs2)cc1. The standard InChI is InChI=1S/C17H13ClFN3O3S2/c1-20-27(24,25)12-5-2-10(3-6-12)16(23)22-17-21-15(9-26-17)11-4-7-14(19)13(18)8-11/h2-9,20H,1H3,(H,21,22,23). The van der Waals surface area contributed by atoms with Crippen LogP contribution in [0.1, 0.15) is 10.4 Å². The third-order valence-corrected chi connectivity index (χ3v) is 6.11. The van der Waals surface area contributed by atoms with Gasteiger partial charge in [-0.2, -0.15) is 0 Å². The van der Waals surface area contributed by atoms with E-state index in [1.54, 1.807) is 11.4 Å². The van der Waals surface area contributed by atoms with E-state index in [-0.39, 0.29) is 15.5 Å². The van der Waals surface area contributed by atoms with Gasteiger partial charge in [0.25, 0.3) is 5.91 Å². The highest BCUT2D eigenvalue weighted by Gasteiger charge is 2.14. The second-order valence-corrected chi connectivity index (χ2v) is 8.50. The van der Waals surface area contributed by atoms with Crippen LogP contribution in [0, 0.1) is 5.82 Å². The van der Waals surface area contributed by atoms with Gasteiger partial charge >= 0.3 is 0 Å². The van der Waals surface area contributed by atoms with Gasteiger partial charge in [-0.05, 0) is 49.5 Å². The maximum atomic E-state index is 13.3. The maximum absolute atomic E-state index is 13.3. The summed E-state index contributed by atoms with van der Waals surface area (Å²) >= 11 is 6.98. The molecule has 1 heterocycles. The van der Waals surface area contributed by atoms with Crippen molar-refractivity contribution < 1.29 is 17.6 Å². The number of carbonyl (C=O) groups excluding carboxylic acids is 1. The first-order chi connectivity index (χ1) is 12.8. The van der Waals surface area contributed by atoms with Gasteiger partial charge in [0.15, 0.2) is 5.13 Å². The van der Waals surface area contributed by atoms with Gasteiger partial charge in [-0.15, -0.1) is 11.3 Å². The van der Waals surface area contributed by atoms with Crippen molar-refractivity contribution in [1.29, 1.82) is 0 Å². The number of hydrogen-bond acceptors (Lipinski definition) is 5. The Balaban J connectivity index is 1.75. The van der Waals surface area contributed by atoms with Gasteiger partial charge in [0.1, 0.15) is 5.82 Å². The Morgan fingerprint density at radius 1 is 1.19 bits per heavy atom. The number of nitrogens with zero attached hydrogens (tertiary/aromatic N) is 1. The first-order valence-corrected chi connectivity index (χ1v) is 10.3. The van der Waals surface area contributed by atoms with Gasteiger partial charge in [0.2, 0.25) is 10.0 Å². The molecule has 6 nitrogen and oxygen atoms in total. The Morgan fingerprint density at radius 3 is 2.52 bits per heavy atom. The molecule has 0 bridgehead atoms. The van der Waals surface area contributed by atoms with Gasteiger partial charge in [-0.25, -0.2) is 22.5 Å². The molecule has 10 heteroatoms. The molecule has 0 aliphatic carbocycles. The molecule has 0 saturated heterocycles. The normalized spacial score (nSPS) is 11.4. The Kier molecular flexibility index (Phi) is 5.56. The molecule has 0 atom stereocenters. The van der Waals surface area contributed by atoms with Crippen molar-refractivity contribution in [2.24, 2.45) is 0 Å². The lowest BCUT2D eigenvalue weighted by atomic mass is 10.2. The highest BCUT2D eigenvalue weighted by atomic mass is 35.5. The van der Waals surface area contributed by atoms with Gasteiger partial charge in [0.05, 0.1) is 15.6 Å². The summed E-state index contributed by atoms with van der Waals surface area (Å²) in [6, 6.07) is 9.75. The van der Waals surface area contributed by atoms with E-state index in [0.29, 0.717) is 16.4 Å². The van der Waals surface area contributed by atoms with Gasteiger partial charge in [-0.3, -0.25) is 10.1 Å². The fourth-order valence-corrected chi connectivity index (χ4v) is 3.82. The second-order valence-electron chi connectivity index (χ2n) is 5.35. The van der Waals surface area contributed by atoms with E-state index in [9.17, 15) is 17.6 Å². The molecule has 0 saturated carbocycles. The molecule has 0 aliphatic rings. The minimum absolute atomic E-state index is 0.0114. The van der Waals surface area contributed by atoms with Crippen LogP contribution in [0.2, 0.25) is 5.02 Å². The van der Waals surface area contributed by atoms with E-state index in [1.165, 1.54) is 54.8 Å². The van der Waals surface area contributed by atoms with Crippen LogP contribution in [-0.2, 0) is 10.0 Å². The van der Waals surface area contributed by atoms with Gasteiger partial charge in [-0.1, -0.05) is 11.6 Å². The fourth-order valence-electron chi connectivity index (χ4n) is 2.19. The summed E-state index contributed by atoms with van der Waals surface area (Å²) in [4.78, 5) is 16.7. The Bertz CT molecular complexity index is 1100. The minimum atomic E-state index is -3.56. The third-order valence-electron chi connectivity index (χ3n) is 3.64. The lowest BCUT2D eigenvalue weighted by Gasteiger charge is -2.05. The van der Waals surface area contributed by atoms with Crippen LogP contribution in [0.25, 0.3) is 11.3 Å². The van der Waals surface area contributed by atoms with Crippen molar-refractivity contribution in [3.05, 3.63) is 64.2 Å². The van der Waals surface area contributed by atoms with Crippen LogP contribution in [0.15, 0.2) is 52.7 Å². The van der Waals surface area contributed by atoms with Crippen LogP contribution in [0.3, 0.4) is 0 Å². The average Bonchev–Trinajstić information content (AvgIpc) is 3.12. The number of thiazole rings is 1. The lowest BCUT2D eigenvalue weighted by molar-refractivity contribution is 0.102. The molecule has 140 valence electrons. The number of anilines is 1. The van der Waals surface area contributed by atoms with Crippen LogP contribution < -0.4 is 10.0 Å². The Hall–Kier alpha value is -2.33. The number of carbonyl (C=O) groups is 1. The Labute approximate surface area is 164 Å². The first kappa shape index (κ1) is 19.4. The molecule has 2 N–H and O–H groups in total. The summed E-state index contributed by atoms with van der Waals surface area (Å²) in [7, 11) is -2.25. The molecule has 1 aromatic heterocycles. The van der Waals surface area contributed by atoms with Gasteiger partial charge < -0.3 is 0 Å². The maximum Gasteiger partial charge on any atom is 0.257 e. The summed E-state index contributed by atoms with van der Waals surface area (Å²) in [5.74, 6) is -0.950. The van der Waals surface area contributed by atoms with Crippen molar-refractivity contribution in [1.82, 2.24) is 9.71 Å². The molecule has 1 amide bonds. The van der Waals surface area contributed by atoms with Crippen LogP contribution in [-0.4, -0.2) is 26.4 Å². The molecule has 0 spiro atoms. The molecular formula is C17H13ClFN3O3S2. The number of amides is 1. The number of sulfonamides is 1. The quantitative estimate of drug-likeness (QED) is 0.651. The molecule has 0 unspecified atom stereocenters. The third kappa shape index (κ3) is 4.33. The number of nitrogens with one attached hydrogen (secondary N) is 2. The number of hydrogen-bond donors (Lipinski definition) is 2. The monoisotopic (exact) mass is 425 g/mol. The first-order valence-electron chi connectivity index (χ1n) is 7.56. The summed E-state index contributed by atoms with van der Waals surface area (Å²) in [5.41, 5.74) is 1.46. The fraction of sp³-hybridized carbons (Fsp3) is 0.0588. The molecular weight excluding hydrogens is 413 g/mol. The number of rotatable bonds is 5. The predicted molar refractivity (Wildman–Crippen MR) is 103 cm³/mol. The van der Waals surface area contributed by atoms with Crippen molar-refractivity contribution in [2.75, 3.05) is 12.4 Å². The number of halogens is 2. The zero-order valence-electron chi connectivity index (χ0n) is 13.9. The molecule has 27 heavy (non-hydrogen) atoms. The van der Waals surface area contributed by atoms with Crippen LogP contribution >= 0.6 is 22.9 Å². The highest BCUT2D eigenvalue weighted by Crippen LogP contribution is 2.28. The Morgan fingerprint density at radius 2 is 1.89 bits per heavy atom. The smallest absolute Gasteiger partial charge is 0.257 e. The largest absolute Gasteiger partial charge is 0.298 e. The molecule has 0 fully saturated rings. The van der Waals surface area contributed by atoms with Crippen molar-refractivity contribution in [3.8, 4) is 11.3 Å². The highest BCUT2D eigenvalue weighted by molar-refractivity contribution is 7.89. The topological polar surface area (TPSA) is 88.2 Å². The summed E-state index contributed by atoms with van der Waals surface area (Å²) in [6.07, 6.45) is 0. The summed E-state index contributed by atoms with van der Waals surface area (Å²) in [6.45, 7) is 0. The van der Waals surface area contributed by atoms with E-state index < -0.39 is 21.7 Å². The van der Waals surface area contributed by atoms with Crippen molar-refractivity contribution in [2.45, 2.75) is 4.90 Å². The van der Waals surface area contributed by atoms with Crippen LogP contribution in [0.5, 0.6) is 0 Å². The number of benzene rings is 2. The summed E-state index contributed by atoms with van der Waals surface area (Å²) < 4.78 is 38.9. The lowest BCUT2D eigenvalue weighted by Crippen LogP contribution is -2.19. The van der Waals surface area contributed by atoms with Crippen molar-refractivity contribution >= 4 is 44.0 Å². The predicted octanol–water partition coefficient (Wildman–Crippen LogP) is 3.76. The molecule has 3 rings (SSSR count). The molecule has 0 aliphatic heterocycles. The average molecular weight is 426 g/mol. The molecule has 3 aromatic rings. The number of aromatic nitrogens is 1. The second kappa shape index (κ2) is 7.73. The summed E-state index contributed by atoms with van der Waals surface area (Å²) in [5, 5.41) is 4.69. The van der Waals surface area contributed by atoms with Gasteiger partial charge in [0, 0.05) is 16.5 Å². The van der Waals surface area contributed by atoms with E-state index >= 15 is 0 Å². The molecule has 0 radical (unpaired) electrons. The van der Waals surface area contributed by atoms with Crippen LogP contribution in [0.4, 0.5) is 9.52 Å². The van der Waals surface area contributed by atoms with E-state index in [4.69, 9.17) is 11.6 Å².